The molecule has 0 unspecified atom stereocenters. The lowest BCUT2D eigenvalue weighted by Gasteiger charge is -2.29. The number of nitrogens with zero attached hydrogens (tertiary/aromatic N) is 3. The van der Waals surface area contributed by atoms with Crippen LogP contribution in [0.5, 0.6) is 0 Å². The Kier molecular flexibility index (Phi) is 5.08. The summed E-state index contributed by atoms with van der Waals surface area (Å²) in [6.07, 6.45) is 2.22. The standard InChI is InChI=1S/C21H23FN6/c22-16-3-1-14(2-4-16)11-17-18(23)13-20(28-9-7-25-8-10-28)27-21(17)15-5-6-26-19(24)12-15/h1-6,12-13,25H,7-11H2,(H2,23,27)(H2,24,26). The van der Waals surface area contributed by atoms with Gasteiger partial charge in [-0.3, -0.25) is 0 Å². The molecule has 3 heterocycles. The van der Waals surface area contributed by atoms with Crippen LogP contribution >= 0.6 is 0 Å². The van der Waals surface area contributed by atoms with E-state index >= 15 is 0 Å². The molecule has 7 heteroatoms. The van der Waals surface area contributed by atoms with Crippen LogP contribution in [0, 0.1) is 5.82 Å². The van der Waals surface area contributed by atoms with Gasteiger partial charge in [-0.25, -0.2) is 14.4 Å². The van der Waals surface area contributed by atoms with E-state index in [9.17, 15) is 4.39 Å². The van der Waals surface area contributed by atoms with Crippen molar-refractivity contribution in [3.8, 4) is 11.3 Å². The number of anilines is 3. The Morgan fingerprint density at radius 2 is 1.79 bits per heavy atom. The first kappa shape index (κ1) is 18.2. The summed E-state index contributed by atoms with van der Waals surface area (Å²) >= 11 is 0. The molecule has 2 aromatic heterocycles. The van der Waals surface area contributed by atoms with Crippen LogP contribution in [0.2, 0.25) is 0 Å². The monoisotopic (exact) mass is 378 g/mol. The highest BCUT2D eigenvalue weighted by Gasteiger charge is 2.18. The fraction of sp³-hybridized carbons (Fsp3) is 0.238. The lowest BCUT2D eigenvalue weighted by molar-refractivity contribution is 0.585. The van der Waals surface area contributed by atoms with Gasteiger partial charge >= 0.3 is 0 Å². The van der Waals surface area contributed by atoms with Crippen molar-refractivity contribution in [3.63, 3.8) is 0 Å². The van der Waals surface area contributed by atoms with Gasteiger partial charge in [0.05, 0.1) is 5.69 Å². The number of benzene rings is 1. The number of piperazine rings is 1. The lowest BCUT2D eigenvalue weighted by atomic mass is 9.98. The van der Waals surface area contributed by atoms with Gasteiger partial charge in [-0.15, -0.1) is 0 Å². The maximum absolute atomic E-state index is 13.3. The number of pyridine rings is 2. The molecule has 0 spiro atoms. The van der Waals surface area contributed by atoms with Gasteiger partial charge < -0.3 is 21.7 Å². The van der Waals surface area contributed by atoms with Crippen LogP contribution in [0.1, 0.15) is 11.1 Å². The molecule has 0 saturated carbocycles. The highest BCUT2D eigenvalue weighted by atomic mass is 19.1. The number of aromatic nitrogens is 2. The minimum atomic E-state index is -0.258. The molecule has 3 aromatic rings. The zero-order valence-corrected chi connectivity index (χ0v) is 15.5. The van der Waals surface area contributed by atoms with Crippen molar-refractivity contribution in [1.82, 2.24) is 15.3 Å². The zero-order chi connectivity index (χ0) is 19.5. The van der Waals surface area contributed by atoms with Crippen molar-refractivity contribution in [3.05, 3.63) is 65.6 Å². The molecule has 5 N–H and O–H groups in total. The predicted molar refractivity (Wildman–Crippen MR) is 111 cm³/mol. The maximum atomic E-state index is 13.3. The summed E-state index contributed by atoms with van der Waals surface area (Å²) < 4.78 is 13.3. The van der Waals surface area contributed by atoms with Crippen LogP contribution in [0.4, 0.5) is 21.7 Å². The van der Waals surface area contributed by atoms with Gasteiger partial charge in [-0.1, -0.05) is 12.1 Å². The molecule has 1 aliphatic heterocycles. The van der Waals surface area contributed by atoms with Crippen LogP contribution in [-0.4, -0.2) is 36.1 Å². The molecule has 1 fully saturated rings. The number of hydrogen-bond acceptors (Lipinski definition) is 6. The SMILES string of the molecule is Nc1cc(-c2nc(N3CCNCC3)cc(N)c2Cc2ccc(F)cc2)ccn1. The van der Waals surface area contributed by atoms with E-state index in [1.165, 1.54) is 12.1 Å². The van der Waals surface area contributed by atoms with Crippen LogP contribution < -0.4 is 21.7 Å². The molecule has 0 bridgehead atoms. The first-order valence-electron chi connectivity index (χ1n) is 9.31. The van der Waals surface area contributed by atoms with Gasteiger partial charge in [-0.2, -0.15) is 0 Å². The van der Waals surface area contributed by atoms with Gasteiger partial charge in [0.1, 0.15) is 17.5 Å². The van der Waals surface area contributed by atoms with Crippen molar-refractivity contribution in [2.75, 3.05) is 42.5 Å². The van der Waals surface area contributed by atoms with Crippen LogP contribution in [0.15, 0.2) is 48.7 Å². The Labute approximate surface area is 163 Å². The quantitative estimate of drug-likeness (QED) is 0.646. The number of halogens is 1. The Balaban J connectivity index is 1.80. The summed E-state index contributed by atoms with van der Waals surface area (Å²) in [6.45, 7) is 3.58. The smallest absolute Gasteiger partial charge is 0.131 e. The van der Waals surface area contributed by atoms with E-state index in [-0.39, 0.29) is 5.82 Å². The zero-order valence-electron chi connectivity index (χ0n) is 15.5. The molecule has 6 nitrogen and oxygen atoms in total. The molecule has 1 aliphatic rings. The molecule has 1 saturated heterocycles. The minimum Gasteiger partial charge on any atom is -0.398 e. The van der Waals surface area contributed by atoms with Gasteiger partial charge in [0.15, 0.2) is 0 Å². The van der Waals surface area contributed by atoms with Crippen molar-refractivity contribution in [2.24, 2.45) is 0 Å². The average Bonchev–Trinajstić information content (AvgIpc) is 2.71. The Morgan fingerprint density at radius 3 is 2.50 bits per heavy atom. The highest BCUT2D eigenvalue weighted by Crippen LogP contribution is 2.32. The second kappa shape index (κ2) is 7.82. The molecular formula is C21H23FN6. The normalized spacial score (nSPS) is 14.2. The van der Waals surface area contributed by atoms with E-state index < -0.39 is 0 Å². The largest absolute Gasteiger partial charge is 0.398 e. The third-order valence-electron chi connectivity index (χ3n) is 4.93. The molecule has 4 rings (SSSR count). The van der Waals surface area contributed by atoms with E-state index in [4.69, 9.17) is 16.5 Å². The van der Waals surface area contributed by atoms with Crippen LogP contribution in [0.3, 0.4) is 0 Å². The molecule has 0 aliphatic carbocycles. The first-order chi connectivity index (χ1) is 13.6. The summed E-state index contributed by atoms with van der Waals surface area (Å²) in [7, 11) is 0. The summed E-state index contributed by atoms with van der Waals surface area (Å²) in [5.74, 6) is 1.02. The Morgan fingerprint density at radius 1 is 1.04 bits per heavy atom. The van der Waals surface area contributed by atoms with Gasteiger partial charge in [0, 0.05) is 61.7 Å². The van der Waals surface area contributed by atoms with E-state index in [1.54, 1.807) is 24.4 Å². The molecule has 0 amide bonds. The average molecular weight is 378 g/mol. The highest BCUT2D eigenvalue weighted by molar-refractivity contribution is 5.74. The molecular weight excluding hydrogens is 355 g/mol. The predicted octanol–water partition coefficient (Wildman–Crippen LogP) is 2.45. The number of nitrogen functional groups attached to an aromatic ring is 2. The van der Waals surface area contributed by atoms with Crippen molar-refractivity contribution < 1.29 is 4.39 Å². The number of rotatable bonds is 4. The van der Waals surface area contributed by atoms with Crippen molar-refractivity contribution in [2.45, 2.75) is 6.42 Å². The van der Waals surface area contributed by atoms with E-state index in [1.807, 2.05) is 12.1 Å². The second-order valence-corrected chi connectivity index (χ2v) is 6.91. The summed E-state index contributed by atoms with van der Waals surface area (Å²) in [5.41, 5.74) is 16.6. The fourth-order valence-corrected chi connectivity index (χ4v) is 3.46. The number of nitrogens with two attached hydrogens (primary N) is 2. The minimum absolute atomic E-state index is 0.258. The van der Waals surface area contributed by atoms with Crippen LogP contribution in [0.25, 0.3) is 11.3 Å². The summed E-state index contributed by atoms with van der Waals surface area (Å²) in [5, 5.41) is 3.35. The molecule has 1 aromatic carbocycles. The van der Waals surface area contributed by atoms with E-state index in [0.29, 0.717) is 17.9 Å². The molecule has 0 atom stereocenters. The molecule has 0 radical (unpaired) electrons. The molecule has 144 valence electrons. The number of nitrogens with one attached hydrogen (secondary N) is 1. The second-order valence-electron chi connectivity index (χ2n) is 6.91. The number of hydrogen-bond donors (Lipinski definition) is 3. The topological polar surface area (TPSA) is 93.1 Å². The Bertz CT molecular complexity index is 967. The third-order valence-corrected chi connectivity index (χ3v) is 4.93. The van der Waals surface area contributed by atoms with Crippen LogP contribution in [-0.2, 0) is 6.42 Å². The van der Waals surface area contributed by atoms with E-state index in [0.717, 1.165) is 54.4 Å². The van der Waals surface area contributed by atoms with E-state index in [2.05, 4.69) is 15.2 Å². The van der Waals surface area contributed by atoms with Crippen molar-refractivity contribution >= 4 is 17.3 Å². The lowest BCUT2D eigenvalue weighted by Crippen LogP contribution is -2.44. The maximum Gasteiger partial charge on any atom is 0.131 e. The summed E-state index contributed by atoms with van der Waals surface area (Å²) in [6, 6.07) is 12.1. The van der Waals surface area contributed by atoms with Crippen molar-refractivity contribution in [1.29, 1.82) is 0 Å². The summed E-state index contributed by atoms with van der Waals surface area (Å²) in [4.78, 5) is 11.2. The van der Waals surface area contributed by atoms with Gasteiger partial charge in [-0.05, 0) is 29.8 Å². The third kappa shape index (κ3) is 3.89. The molecule has 28 heavy (non-hydrogen) atoms. The Hall–Kier alpha value is -3.19. The van der Waals surface area contributed by atoms with Gasteiger partial charge in [0.2, 0.25) is 0 Å². The fourth-order valence-electron chi connectivity index (χ4n) is 3.46. The van der Waals surface area contributed by atoms with Gasteiger partial charge in [0.25, 0.3) is 0 Å². The first-order valence-corrected chi connectivity index (χ1v) is 9.31.